The van der Waals surface area contributed by atoms with Gasteiger partial charge in [0.15, 0.2) is 5.13 Å². The Hall–Kier alpha value is -3.48. The van der Waals surface area contributed by atoms with E-state index in [0.717, 1.165) is 67.6 Å². The van der Waals surface area contributed by atoms with Gasteiger partial charge in [-0.25, -0.2) is 14.4 Å². The number of halogens is 1. The maximum absolute atomic E-state index is 13.7. The normalized spacial score (nSPS) is 20.3. The fourth-order valence-corrected chi connectivity index (χ4v) is 5.52. The number of morpholine rings is 1. The molecule has 1 saturated heterocycles. The van der Waals surface area contributed by atoms with Crippen molar-refractivity contribution < 1.29 is 9.13 Å². The van der Waals surface area contributed by atoms with E-state index in [-0.39, 0.29) is 6.04 Å². The van der Waals surface area contributed by atoms with Crippen molar-refractivity contribution in [3.63, 3.8) is 0 Å². The van der Waals surface area contributed by atoms with E-state index in [1.807, 2.05) is 30.3 Å². The number of pyridine rings is 1. The molecule has 6 rings (SSSR count). The second kappa shape index (κ2) is 11.5. The minimum absolute atomic E-state index is 0.228. The van der Waals surface area contributed by atoms with Crippen LogP contribution in [0.5, 0.6) is 0 Å². The highest BCUT2D eigenvalue weighted by Crippen LogP contribution is 2.30. The highest BCUT2D eigenvalue weighted by atomic mass is 32.1. The van der Waals surface area contributed by atoms with Gasteiger partial charge in [-0.2, -0.15) is 0 Å². The topological polar surface area (TPSA) is 106 Å². The molecule has 0 spiro atoms. The lowest BCUT2D eigenvalue weighted by Gasteiger charge is -2.28. The lowest BCUT2D eigenvalue weighted by molar-refractivity contribution is 0.0342. The van der Waals surface area contributed by atoms with Gasteiger partial charge in [0.2, 0.25) is 5.82 Å². The van der Waals surface area contributed by atoms with Crippen LogP contribution in [0.25, 0.3) is 16.4 Å². The lowest BCUT2D eigenvalue weighted by Crippen LogP contribution is -2.35. The zero-order chi connectivity index (χ0) is 25.7. The van der Waals surface area contributed by atoms with Crippen molar-refractivity contribution in [2.75, 3.05) is 36.9 Å². The summed E-state index contributed by atoms with van der Waals surface area (Å²) in [6, 6.07) is 14.1. The first-order valence-corrected chi connectivity index (χ1v) is 13.8. The minimum Gasteiger partial charge on any atom is -0.379 e. The molecule has 4 aromatic rings. The van der Waals surface area contributed by atoms with E-state index in [0.29, 0.717) is 29.6 Å². The molecule has 1 aliphatic carbocycles. The Kier molecular flexibility index (Phi) is 7.52. The first kappa shape index (κ1) is 24.8. The fraction of sp³-hybridized carbons (Fsp3) is 0.423. The van der Waals surface area contributed by atoms with Crippen LogP contribution in [0.3, 0.4) is 0 Å². The van der Waals surface area contributed by atoms with Gasteiger partial charge in [-0.15, -0.1) is 15.0 Å². The lowest BCUT2D eigenvalue weighted by atomic mass is 9.94. The number of benzene rings is 1. The number of thiazole rings is 1. The summed E-state index contributed by atoms with van der Waals surface area (Å²) < 4.78 is 19.2. The molecule has 198 valence electrons. The van der Waals surface area contributed by atoms with Crippen molar-refractivity contribution in [1.29, 1.82) is 0 Å². The van der Waals surface area contributed by atoms with Gasteiger partial charge < -0.3 is 15.4 Å². The number of para-hydroxylation sites is 1. The molecule has 0 bridgehead atoms. The van der Waals surface area contributed by atoms with Gasteiger partial charge in [-0.05, 0) is 60.7 Å². The monoisotopic (exact) mass is 535 g/mol. The van der Waals surface area contributed by atoms with E-state index in [4.69, 9.17) is 9.72 Å². The molecule has 3 aromatic heterocycles. The quantitative estimate of drug-likeness (QED) is 0.338. The molecule has 10 nitrogen and oxygen atoms in total. The van der Waals surface area contributed by atoms with Gasteiger partial charge in [0.25, 0.3) is 0 Å². The van der Waals surface area contributed by atoms with Crippen LogP contribution in [0.15, 0.2) is 48.7 Å². The molecule has 1 aromatic carbocycles. The summed E-state index contributed by atoms with van der Waals surface area (Å²) in [5.41, 5.74) is 1.99. The summed E-state index contributed by atoms with van der Waals surface area (Å²) >= 11 is 1.44. The second-order valence-corrected chi connectivity index (χ2v) is 10.7. The Balaban J connectivity index is 1.19. The molecule has 0 atom stereocenters. The van der Waals surface area contributed by atoms with Crippen molar-refractivity contribution in [2.45, 2.75) is 44.4 Å². The maximum atomic E-state index is 13.7. The predicted molar refractivity (Wildman–Crippen MR) is 145 cm³/mol. The Morgan fingerprint density at radius 1 is 1.03 bits per heavy atom. The van der Waals surface area contributed by atoms with E-state index in [1.165, 1.54) is 16.1 Å². The third-order valence-corrected chi connectivity index (χ3v) is 7.67. The summed E-state index contributed by atoms with van der Waals surface area (Å²) in [4.78, 5) is 14.0. The molecule has 1 saturated carbocycles. The fourth-order valence-electron chi connectivity index (χ4n) is 4.77. The highest BCUT2D eigenvalue weighted by Gasteiger charge is 2.21. The summed E-state index contributed by atoms with van der Waals surface area (Å²) in [7, 11) is 0. The van der Waals surface area contributed by atoms with Crippen LogP contribution in [-0.4, -0.2) is 73.6 Å². The first-order valence-electron chi connectivity index (χ1n) is 13.0. The van der Waals surface area contributed by atoms with E-state index in [9.17, 15) is 4.39 Å². The van der Waals surface area contributed by atoms with Crippen molar-refractivity contribution >= 4 is 28.1 Å². The predicted octanol–water partition coefficient (Wildman–Crippen LogP) is 4.45. The number of ether oxygens (including phenoxy) is 1. The Bertz CT molecular complexity index is 1330. The van der Waals surface area contributed by atoms with Crippen LogP contribution in [0, 0.1) is 0 Å². The average Bonchev–Trinajstić information content (AvgIpc) is 3.61. The van der Waals surface area contributed by atoms with Gasteiger partial charge in [0, 0.05) is 25.7 Å². The molecule has 2 N–H and O–H groups in total. The Morgan fingerprint density at radius 2 is 1.82 bits per heavy atom. The van der Waals surface area contributed by atoms with Crippen LogP contribution < -0.4 is 10.6 Å². The highest BCUT2D eigenvalue weighted by molar-refractivity contribution is 7.18. The number of hydrogen-bond acceptors (Lipinski definition) is 10. The molecule has 4 heterocycles. The van der Waals surface area contributed by atoms with E-state index in [1.54, 1.807) is 6.20 Å². The van der Waals surface area contributed by atoms with Crippen LogP contribution in [0.4, 0.5) is 21.2 Å². The number of anilines is 3. The summed E-state index contributed by atoms with van der Waals surface area (Å²) in [5, 5.41) is 20.5. The third-order valence-electron chi connectivity index (χ3n) is 6.77. The van der Waals surface area contributed by atoms with E-state index < -0.39 is 6.17 Å². The van der Waals surface area contributed by atoms with Crippen molar-refractivity contribution in [3.8, 4) is 16.4 Å². The first-order chi connectivity index (χ1) is 18.7. The van der Waals surface area contributed by atoms with Gasteiger partial charge in [-0.1, -0.05) is 29.5 Å². The van der Waals surface area contributed by atoms with Crippen molar-refractivity contribution in [3.05, 3.63) is 54.2 Å². The average molecular weight is 536 g/mol. The minimum atomic E-state index is -0.686. The number of nitrogens with one attached hydrogen (secondary N) is 2. The molecule has 0 amide bonds. The van der Waals surface area contributed by atoms with Gasteiger partial charge >= 0.3 is 0 Å². The smallest absolute Gasteiger partial charge is 0.216 e. The molecular weight excluding hydrogens is 505 g/mol. The molecule has 38 heavy (non-hydrogen) atoms. The number of aromatic nitrogens is 6. The number of rotatable bonds is 8. The second-order valence-electron chi connectivity index (χ2n) is 9.62. The molecule has 1 aliphatic heterocycles. The summed E-state index contributed by atoms with van der Waals surface area (Å²) in [6.07, 6.45) is 3.87. The van der Waals surface area contributed by atoms with Crippen molar-refractivity contribution in [1.82, 2.24) is 35.1 Å². The maximum Gasteiger partial charge on any atom is 0.216 e. The number of tetrazole rings is 1. The summed E-state index contributed by atoms with van der Waals surface area (Å²) in [6.45, 7) is 4.11. The Morgan fingerprint density at radius 3 is 2.63 bits per heavy atom. The van der Waals surface area contributed by atoms with Crippen LogP contribution >= 0.6 is 11.3 Å². The van der Waals surface area contributed by atoms with Crippen molar-refractivity contribution in [2.24, 2.45) is 0 Å². The zero-order valence-electron chi connectivity index (χ0n) is 21.0. The summed E-state index contributed by atoms with van der Waals surface area (Å²) in [5.74, 6) is 2.02. The van der Waals surface area contributed by atoms with E-state index in [2.05, 4.69) is 48.1 Å². The van der Waals surface area contributed by atoms with Crippen LogP contribution in [0.2, 0.25) is 0 Å². The SMILES string of the molecule is FC1CCC(Nc2cc(CN3CCOCC3)cc(Nc3ncc(-c4nnn(-c5ccccc5)n4)s3)n2)CC1. The van der Waals surface area contributed by atoms with E-state index >= 15 is 0 Å². The van der Waals surface area contributed by atoms with Crippen LogP contribution in [0.1, 0.15) is 31.2 Å². The Labute approximate surface area is 224 Å². The molecular formula is C26H30FN9OS. The van der Waals surface area contributed by atoms with Gasteiger partial charge in [0.05, 0.1) is 30.0 Å². The number of alkyl halides is 1. The van der Waals surface area contributed by atoms with Gasteiger partial charge in [-0.3, -0.25) is 4.90 Å². The third kappa shape index (κ3) is 6.14. The zero-order valence-corrected chi connectivity index (χ0v) is 21.8. The van der Waals surface area contributed by atoms with Gasteiger partial charge in [0.1, 0.15) is 17.8 Å². The molecule has 12 heteroatoms. The number of nitrogens with zero attached hydrogens (tertiary/aromatic N) is 7. The molecule has 2 fully saturated rings. The standard InChI is InChI=1S/C26H30FN9OS/c27-19-6-8-20(9-7-19)29-23-14-18(17-35-10-12-37-13-11-35)15-24(30-23)31-26-28-16-22(38-26)25-32-34-36(33-25)21-4-2-1-3-5-21/h1-5,14-16,19-20H,6-13,17H2,(H2,28,29,30,31). The molecule has 0 radical (unpaired) electrons. The van der Waals surface area contributed by atoms with Crippen LogP contribution in [-0.2, 0) is 11.3 Å². The largest absolute Gasteiger partial charge is 0.379 e. The number of hydrogen-bond donors (Lipinski definition) is 2. The molecule has 2 aliphatic rings. The molecule has 0 unspecified atom stereocenters.